The predicted octanol–water partition coefficient (Wildman–Crippen LogP) is 3.66. The van der Waals surface area contributed by atoms with E-state index in [0.717, 1.165) is 0 Å². The van der Waals surface area contributed by atoms with Crippen molar-refractivity contribution in [2.45, 2.75) is 0 Å². The van der Waals surface area contributed by atoms with Crippen molar-refractivity contribution in [2.24, 2.45) is 0 Å². The van der Waals surface area contributed by atoms with Crippen LogP contribution in [0.15, 0.2) is 12.1 Å². The second-order valence-electron chi connectivity index (χ2n) is 2.28. The molecule has 0 aliphatic carbocycles. The van der Waals surface area contributed by atoms with E-state index in [9.17, 15) is 0 Å². The molecule has 0 bridgehead atoms. The van der Waals surface area contributed by atoms with Crippen LogP contribution in [0.4, 0.5) is 0 Å². The molecule has 1 aromatic carbocycles. The summed E-state index contributed by atoms with van der Waals surface area (Å²) < 4.78 is 4.63. The van der Waals surface area contributed by atoms with E-state index in [2.05, 4.69) is 16.3 Å². The molecular weight excluding hydrogens is 325 g/mol. The van der Waals surface area contributed by atoms with Crippen molar-refractivity contribution in [1.29, 1.82) is 0 Å². The summed E-state index contributed by atoms with van der Waals surface area (Å²) in [5.74, 6) is 0.0673. The molecule has 0 radical (unpaired) electrons. The lowest BCUT2D eigenvalue weighted by atomic mass is 10.3. The minimum Gasteiger partial charge on any atom is -0.424 e. The molecule has 0 unspecified atom stereocenters. The van der Waals surface area contributed by atoms with Crippen LogP contribution in [0, 0.1) is 0 Å². The Balaban J connectivity index is 0.00000196. The maximum atomic E-state index is 8.86. The summed E-state index contributed by atoms with van der Waals surface area (Å²) in [5, 5.41) is 0.472. The van der Waals surface area contributed by atoms with Gasteiger partial charge in [-0.25, -0.2) is 0 Å². The van der Waals surface area contributed by atoms with Gasteiger partial charge in [-0.3, -0.25) is 0 Å². The van der Waals surface area contributed by atoms with Gasteiger partial charge < -0.3 is 14.3 Å². The van der Waals surface area contributed by atoms with Crippen LogP contribution in [0.1, 0.15) is 0 Å². The molecule has 15 heavy (non-hydrogen) atoms. The molecule has 0 aliphatic rings. The minimum absolute atomic E-state index is 0. The second kappa shape index (κ2) is 5.89. The summed E-state index contributed by atoms with van der Waals surface area (Å²) in [7, 11) is 0. The summed E-state index contributed by atoms with van der Waals surface area (Å²) in [6.45, 7) is -3.77. The summed E-state index contributed by atoms with van der Waals surface area (Å²) in [6.07, 6.45) is 0. The van der Waals surface area contributed by atoms with Crippen molar-refractivity contribution in [3.8, 4) is 5.75 Å². The Morgan fingerprint density at radius 1 is 1.13 bits per heavy atom. The molecule has 0 saturated heterocycles. The molecule has 1 rings (SSSR count). The van der Waals surface area contributed by atoms with Gasteiger partial charge in [0.05, 0.1) is 15.1 Å². The number of benzene rings is 1. The van der Waals surface area contributed by atoms with Crippen molar-refractivity contribution in [3.05, 3.63) is 27.2 Å². The van der Waals surface area contributed by atoms with Gasteiger partial charge in [-0.2, -0.15) is 0 Å². The Labute approximate surface area is 113 Å². The summed E-state index contributed by atoms with van der Waals surface area (Å²) in [6, 6.07) is 2.59. The standard InChI is InChI=1S/C6H4Cl3O3PS.ClH/c7-4-1-3(12-13(10,11)14)2-5(8)6(4)9;/h1-2H,(H2,10,11,14);1H. The zero-order chi connectivity index (χ0) is 10.9. The molecule has 1 aromatic rings. The van der Waals surface area contributed by atoms with E-state index < -0.39 is 6.72 Å². The largest absolute Gasteiger partial charge is 0.424 e. The second-order valence-corrected chi connectivity index (χ2v) is 6.07. The predicted molar refractivity (Wildman–Crippen MR) is 68.1 cm³/mol. The molecule has 0 fully saturated rings. The molecule has 0 heterocycles. The SMILES string of the molecule is Cl.OP(O)(=S)Oc1cc(Cl)c(Cl)c(Cl)c1. The van der Waals surface area contributed by atoms with E-state index in [0.29, 0.717) is 0 Å². The van der Waals surface area contributed by atoms with Gasteiger partial charge in [0.2, 0.25) is 0 Å². The van der Waals surface area contributed by atoms with E-state index >= 15 is 0 Å². The van der Waals surface area contributed by atoms with E-state index in [-0.39, 0.29) is 33.2 Å². The van der Waals surface area contributed by atoms with Gasteiger partial charge >= 0.3 is 6.72 Å². The van der Waals surface area contributed by atoms with Crippen molar-refractivity contribution in [3.63, 3.8) is 0 Å². The lowest BCUT2D eigenvalue weighted by Gasteiger charge is -2.11. The van der Waals surface area contributed by atoms with Crippen molar-refractivity contribution in [2.75, 3.05) is 0 Å². The van der Waals surface area contributed by atoms with Crippen LogP contribution in [0.2, 0.25) is 15.1 Å². The molecular formula is C6H5Cl4O3PS. The normalized spacial score (nSPS) is 10.7. The monoisotopic (exact) mass is 328 g/mol. The maximum Gasteiger partial charge on any atom is 0.375 e. The van der Waals surface area contributed by atoms with Crippen LogP contribution in [-0.2, 0) is 11.8 Å². The van der Waals surface area contributed by atoms with E-state index in [4.69, 9.17) is 44.6 Å². The smallest absolute Gasteiger partial charge is 0.375 e. The highest BCUT2D eigenvalue weighted by Gasteiger charge is 2.13. The first-order valence-corrected chi connectivity index (χ1v) is 6.95. The number of hydrogen-bond donors (Lipinski definition) is 2. The average Bonchev–Trinajstić information content (AvgIpc) is 1.96. The number of hydrogen-bond acceptors (Lipinski definition) is 2. The average molecular weight is 330 g/mol. The lowest BCUT2D eigenvalue weighted by molar-refractivity contribution is 0.370. The van der Waals surface area contributed by atoms with Crippen molar-refractivity contribution >= 4 is 65.7 Å². The maximum absolute atomic E-state index is 8.86. The molecule has 0 atom stereocenters. The summed E-state index contributed by atoms with van der Waals surface area (Å²) in [4.78, 5) is 17.7. The Kier molecular flexibility index (Phi) is 6.19. The van der Waals surface area contributed by atoms with Crippen LogP contribution >= 0.6 is 53.9 Å². The Morgan fingerprint density at radius 2 is 1.53 bits per heavy atom. The molecule has 0 amide bonds. The molecule has 0 aliphatic heterocycles. The third-order valence-corrected chi connectivity index (χ3v) is 3.05. The van der Waals surface area contributed by atoms with Crippen LogP contribution in [-0.4, -0.2) is 9.79 Å². The van der Waals surface area contributed by atoms with Crippen molar-refractivity contribution < 1.29 is 14.3 Å². The van der Waals surface area contributed by atoms with Crippen LogP contribution in [0.5, 0.6) is 5.75 Å². The molecule has 0 aromatic heterocycles. The topological polar surface area (TPSA) is 49.7 Å². The van der Waals surface area contributed by atoms with Gasteiger partial charge in [0.15, 0.2) is 0 Å². The Morgan fingerprint density at radius 3 is 1.87 bits per heavy atom. The van der Waals surface area contributed by atoms with Crippen LogP contribution in [0.3, 0.4) is 0 Å². The minimum atomic E-state index is -3.77. The molecule has 9 heteroatoms. The zero-order valence-electron chi connectivity index (χ0n) is 6.85. The van der Waals surface area contributed by atoms with Gasteiger partial charge in [-0.05, 0) is 0 Å². The Bertz CT molecular complexity index is 384. The third-order valence-electron chi connectivity index (χ3n) is 1.18. The van der Waals surface area contributed by atoms with Gasteiger partial charge in [-0.1, -0.05) is 34.8 Å². The van der Waals surface area contributed by atoms with Gasteiger partial charge in [0.25, 0.3) is 0 Å². The fourth-order valence-electron chi connectivity index (χ4n) is 0.722. The Hall–Kier alpha value is 0.750. The highest BCUT2D eigenvalue weighted by atomic mass is 35.5. The highest BCUT2D eigenvalue weighted by molar-refractivity contribution is 8.06. The number of rotatable bonds is 2. The lowest BCUT2D eigenvalue weighted by Crippen LogP contribution is -1.89. The first kappa shape index (κ1) is 15.8. The van der Waals surface area contributed by atoms with Crippen molar-refractivity contribution in [1.82, 2.24) is 0 Å². The number of halogens is 4. The van der Waals surface area contributed by atoms with Gasteiger partial charge in [-0.15, -0.1) is 12.4 Å². The molecule has 86 valence electrons. The highest BCUT2D eigenvalue weighted by Crippen LogP contribution is 2.42. The quantitative estimate of drug-likeness (QED) is 0.642. The molecule has 2 N–H and O–H groups in total. The molecule has 0 spiro atoms. The molecule has 0 saturated carbocycles. The van der Waals surface area contributed by atoms with E-state index in [1.165, 1.54) is 12.1 Å². The van der Waals surface area contributed by atoms with Gasteiger partial charge in [0.1, 0.15) is 5.75 Å². The fourth-order valence-corrected chi connectivity index (χ4v) is 1.94. The van der Waals surface area contributed by atoms with E-state index in [1.807, 2.05) is 0 Å². The summed E-state index contributed by atoms with van der Waals surface area (Å²) in [5.41, 5.74) is 0. The summed E-state index contributed by atoms with van der Waals surface area (Å²) >= 11 is 21.3. The zero-order valence-corrected chi connectivity index (χ0v) is 11.7. The van der Waals surface area contributed by atoms with E-state index in [1.54, 1.807) is 0 Å². The first-order chi connectivity index (χ1) is 6.29. The van der Waals surface area contributed by atoms with Crippen LogP contribution in [0.25, 0.3) is 0 Å². The fraction of sp³-hybridized carbons (Fsp3) is 0. The van der Waals surface area contributed by atoms with Gasteiger partial charge in [0, 0.05) is 23.9 Å². The first-order valence-electron chi connectivity index (χ1n) is 3.19. The van der Waals surface area contributed by atoms with Crippen LogP contribution < -0.4 is 4.52 Å². The third kappa shape index (κ3) is 5.07. The molecule has 3 nitrogen and oxygen atoms in total.